The average Bonchev–Trinajstić information content (AvgIpc) is 4.07. The van der Waals surface area contributed by atoms with Crippen LogP contribution in [0, 0.1) is 6.92 Å². The van der Waals surface area contributed by atoms with Gasteiger partial charge in [-0.15, -0.1) is 0 Å². The van der Waals surface area contributed by atoms with Gasteiger partial charge in [-0.2, -0.15) is 0 Å². The Kier molecular flexibility index (Phi) is 12.1. The molecular weight excluding hydrogens is 984 g/mol. The highest BCUT2D eigenvalue weighted by Gasteiger charge is 2.27. The Balaban J connectivity index is 0.000000357. The van der Waals surface area contributed by atoms with Crippen LogP contribution in [0.4, 0.5) is 0 Å². The highest BCUT2D eigenvalue weighted by molar-refractivity contribution is 14.1. The SMILES string of the molecule is C=Cc1c(/C=C\C)c2cc(-c3ccc4c(c3)c3c(n4-c4ccc5c6c(cccc46)-c4cc(-c6cccc7c6C=CCC7)ccc4-5)CCC=C3)ccc2n1-c1ccccc1.CI.Cc1ccc2ccccc2c1. The molecule has 2 aromatic heterocycles. The fourth-order valence-corrected chi connectivity index (χ4v) is 11.8. The molecule has 0 saturated heterocycles. The van der Waals surface area contributed by atoms with Gasteiger partial charge in [-0.1, -0.05) is 199 Å². The summed E-state index contributed by atoms with van der Waals surface area (Å²) in [4.78, 5) is 1.97. The van der Waals surface area contributed by atoms with Gasteiger partial charge in [0.15, 0.2) is 0 Å². The van der Waals surface area contributed by atoms with Crippen molar-refractivity contribution in [3.63, 3.8) is 0 Å². The Morgan fingerprint density at radius 3 is 2.00 bits per heavy atom. The first kappa shape index (κ1) is 45.4. The molecule has 9 aromatic carbocycles. The second-order valence-electron chi connectivity index (χ2n) is 19.1. The summed E-state index contributed by atoms with van der Waals surface area (Å²) in [5, 5.41) is 7.83. The molecule has 0 bridgehead atoms. The van der Waals surface area contributed by atoms with Crippen molar-refractivity contribution in [2.75, 3.05) is 4.93 Å². The zero-order valence-corrected chi connectivity index (χ0v) is 43.3. The van der Waals surface area contributed by atoms with Gasteiger partial charge in [0.2, 0.25) is 0 Å². The van der Waals surface area contributed by atoms with Crippen LogP contribution in [0.1, 0.15) is 59.0 Å². The van der Waals surface area contributed by atoms with E-state index >= 15 is 0 Å². The smallest absolute Gasteiger partial charge is 0.0541 e. The normalized spacial score (nSPS) is 12.9. The Labute approximate surface area is 436 Å². The van der Waals surface area contributed by atoms with E-state index in [4.69, 9.17) is 0 Å². The van der Waals surface area contributed by atoms with Crippen molar-refractivity contribution in [2.45, 2.75) is 39.5 Å². The molecule has 0 fully saturated rings. The molecule has 0 unspecified atom stereocenters. The first-order valence-corrected chi connectivity index (χ1v) is 27.4. The number of rotatable bonds is 6. The van der Waals surface area contributed by atoms with E-state index in [1.807, 2.05) is 11.0 Å². The summed E-state index contributed by atoms with van der Waals surface area (Å²) in [7, 11) is 0. The maximum Gasteiger partial charge on any atom is 0.0541 e. The molecule has 3 aliphatic rings. The minimum Gasteiger partial charge on any atom is -0.312 e. The second kappa shape index (κ2) is 19.1. The second-order valence-corrected chi connectivity index (χ2v) is 19.1. The molecule has 0 spiro atoms. The third-order valence-corrected chi connectivity index (χ3v) is 15.0. The third kappa shape index (κ3) is 7.61. The number of aryl methyl sites for hydroxylation is 2. The van der Waals surface area contributed by atoms with E-state index < -0.39 is 0 Å². The molecular formula is C69H55IN2. The first-order chi connectivity index (χ1) is 35.6. The number of hydrogen-bond acceptors (Lipinski definition) is 0. The summed E-state index contributed by atoms with van der Waals surface area (Å²) in [5.74, 6) is 0. The van der Waals surface area contributed by atoms with Gasteiger partial charge in [-0.3, -0.25) is 0 Å². The van der Waals surface area contributed by atoms with Crippen LogP contribution in [-0.2, 0) is 12.8 Å². The van der Waals surface area contributed by atoms with Crippen LogP contribution in [0.2, 0.25) is 0 Å². The molecule has 11 aromatic rings. The molecule has 0 saturated carbocycles. The quantitative estimate of drug-likeness (QED) is 0.116. The van der Waals surface area contributed by atoms with E-state index in [1.54, 1.807) is 0 Å². The Bertz CT molecular complexity index is 4040. The minimum atomic E-state index is 1.01. The molecule has 0 atom stereocenters. The molecule has 0 amide bonds. The van der Waals surface area contributed by atoms with Crippen LogP contribution < -0.4 is 0 Å². The number of nitrogens with zero attached hydrogens (tertiary/aromatic N) is 2. The van der Waals surface area contributed by atoms with E-state index in [2.05, 4.69) is 265 Å². The summed E-state index contributed by atoms with van der Waals surface area (Å²) in [5.41, 5.74) is 24.4. The minimum absolute atomic E-state index is 1.01. The monoisotopic (exact) mass is 1040 g/mol. The number of para-hydroxylation sites is 1. The van der Waals surface area contributed by atoms with Crippen molar-refractivity contribution in [3.8, 4) is 55.9 Å². The van der Waals surface area contributed by atoms with Gasteiger partial charge in [0.1, 0.15) is 0 Å². The molecule has 0 radical (unpaired) electrons. The van der Waals surface area contributed by atoms with Gasteiger partial charge in [-0.25, -0.2) is 0 Å². The molecule has 3 aliphatic carbocycles. The summed E-state index contributed by atoms with van der Waals surface area (Å²) < 4.78 is 4.90. The van der Waals surface area contributed by atoms with E-state index in [-0.39, 0.29) is 0 Å². The molecule has 0 aliphatic heterocycles. The molecule has 0 N–H and O–H groups in total. The summed E-state index contributed by atoms with van der Waals surface area (Å²) in [6, 6.07) is 65.2. The third-order valence-electron chi connectivity index (χ3n) is 15.0. The fraction of sp³-hybridized carbons (Fsp3) is 0.101. The van der Waals surface area contributed by atoms with Gasteiger partial charge >= 0.3 is 0 Å². The van der Waals surface area contributed by atoms with Crippen molar-refractivity contribution in [1.29, 1.82) is 0 Å². The van der Waals surface area contributed by atoms with Gasteiger partial charge in [0.05, 0.1) is 22.4 Å². The maximum atomic E-state index is 4.24. The van der Waals surface area contributed by atoms with Crippen molar-refractivity contribution < 1.29 is 0 Å². The summed E-state index contributed by atoms with van der Waals surface area (Å²) in [6.07, 6.45) is 20.0. The number of hydrogen-bond donors (Lipinski definition) is 0. The van der Waals surface area contributed by atoms with Gasteiger partial charge in [0, 0.05) is 38.7 Å². The number of allylic oxidation sites excluding steroid dienone is 3. The lowest BCUT2D eigenvalue weighted by Gasteiger charge is -2.16. The van der Waals surface area contributed by atoms with Crippen LogP contribution in [0.15, 0.2) is 201 Å². The van der Waals surface area contributed by atoms with Crippen LogP contribution in [-0.4, -0.2) is 14.1 Å². The number of benzene rings is 9. The molecule has 348 valence electrons. The van der Waals surface area contributed by atoms with Crippen LogP contribution in [0.25, 0.3) is 124 Å². The highest BCUT2D eigenvalue weighted by atomic mass is 127. The van der Waals surface area contributed by atoms with E-state index in [1.165, 1.54) is 127 Å². The van der Waals surface area contributed by atoms with Gasteiger partial charge in [-0.05, 0) is 171 Å². The maximum absolute atomic E-state index is 4.24. The Morgan fingerprint density at radius 1 is 0.514 bits per heavy atom. The average molecular weight is 1040 g/mol. The topological polar surface area (TPSA) is 9.86 Å². The number of aromatic nitrogens is 2. The van der Waals surface area contributed by atoms with Crippen molar-refractivity contribution in [2.24, 2.45) is 0 Å². The standard InChI is InChI=1S/C57H42N2.C11H10.CH3I/c1-3-14-44-50-33-37(26-30-55(50)58(52(44)4-2)40-17-6-5-7-18-40)38-27-31-56-51(34-38)45-20-10-11-24-53(45)59(56)54-32-29-47-43-28-25-39(35-49(43)46-22-13-23-48(54)57(46)47)42-21-12-16-36-15-8-9-19-41(36)42;1-9-6-7-10-4-2-3-5-11(10)8-9;1-2/h3-7,9-10,12-14,16-23,25-35H,2,8,11,15,24H2,1H3;2-8H,1H3;1H3/b14-3-;;. The molecule has 3 heteroatoms. The van der Waals surface area contributed by atoms with Gasteiger partial charge in [0.25, 0.3) is 0 Å². The number of alkyl halides is 1. The Morgan fingerprint density at radius 2 is 1.19 bits per heavy atom. The fourth-order valence-electron chi connectivity index (χ4n) is 11.8. The molecule has 2 nitrogen and oxygen atoms in total. The predicted octanol–water partition coefficient (Wildman–Crippen LogP) is 19.5. The Hall–Kier alpha value is -7.73. The predicted molar refractivity (Wildman–Crippen MR) is 321 cm³/mol. The van der Waals surface area contributed by atoms with Crippen molar-refractivity contribution in [3.05, 3.63) is 240 Å². The van der Waals surface area contributed by atoms with E-state index in [0.29, 0.717) is 0 Å². The van der Waals surface area contributed by atoms with Crippen LogP contribution in [0.3, 0.4) is 0 Å². The molecule has 72 heavy (non-hydrogen) atoms. The summed E-state index contributed by atoms with van der Waals surface area (Å²) >= 11 is 2.15. The van der Waals surface area contributed by atoms with Crippen molar-refractivity contribution in [1.82, 2.24) is 9.13 Å². The molecule has 2 heterocycles. The van der Waals surface area contributed by atoms with E-state index in [0.717, 1.165) is 37.1 Å². The lowest BCUT2D eigenvalue weighted by molar-refractivity contribution is 0.892. The lowest BCUT2D eigenvalue weighted by atomic mass is 9.88. The van der Waals surface area contributed by atoms with E-state index in [9.17, 15) is 0 Å². The number of halogens is 1. The first-order valence-electron chi connectivity index (χ1n) is 25.2. The van der Waals surface area contributed by atoms with Crippen LogP contribution in [0.5, 0.6) is 0 Å². The lowest BCUT2D eigenvalue weighted by Crippen LogP contribution is -2.03. The van der Waals surface area contributed by atoms with Crippen LogP contribution >= 0.6 is 22.6 Å². The molecule has 14 rings (SSSR count). The highest BCUT2D eigenvalue weighted by Crippen LogP contribution is 2.51. The summed E-state index contributed by atoms with van der Waals surface area (Å²) in [6.45, 7) is 8.45. The zero-order valence-electron chi connectivity index (χ0n) is 41.1. The van der Waals surface area contributed by atoms with Crippen molar-refractivity contribution >= 4 is 90.2 Å². The van der Waals surface area contributed by atoms with Gasteiger partial charge < -0.3 is 9.13 Å². The number of fused-ring (bicyclic) bond motifs is 9. The largest absolute Gasteiger partial charge is 0.312 e. The zero-order chi connectivity index (χ0) is 48.9.